The Morgan fingerprint density at radius 3 is 3.15 bits per heavy atom. The molecular formula is C9H10N2OS. The van der Waals surface area contributed by atoms with Gasteiger partial charge in [0.2, 0.25) is 0 Å². The van der Waals surface area contributed by atoms with E-state index in [9.17, 15) is 0 Å². The van der Waals surface area contributed by atoms with Crippen molar-refractivity contribution in [1.82, 2.24) is 4.98 Å². The van der Waals surface area contributed by atoms with E-state index in [1.807, 2.05) is 17.5 Å². The number of furan rings is 1. The van der Waals surface area contributed by atoms with Crippen molar-refractivity contribution in [3.8, 4) is 0 Å². The molecule has 0 aliphatic heterocycles. The van der Waals surface area contributed by atoms with Gasteiger partial charge < -0.3 is 10.2 Å². The minimum atomic E-state index is -0.0580. The van der Waals surface area contributed by atoms with Gasteiger partial charge in [0, 0.05) is 11.8 Å². The van der Waals surface area contributed by atoms with E-state index in [4.69, 9.17) is 10.2 Å². The van der Waals surface area contributed by atoms with Crippen molar-refractivity contribution >= 4 is 11.3 Å². The van der Waals surface area contributed by atoms with Gasteiger partial charge in [-0.1, -0.05) is 0 Å². The molecular weight excluding hydrogens is 184 g/mol. The number of hydrogen-bond donors (Lipinski definition) is 1. The van der Waals surface area contributed by atoms with Crippen molar-refractivity contribution in [3.63, 3.8) is 0 Å². The molecule has 0 fully saturated rings. The summed E-state index contributed by atoms with van der Waals surface area (Å²) in [6, 6.07) is 3.73. The van der Waals surface area contributed by atoms with Crippen molar-refractivity contribution in [2.45, 2.75) is 12.5 Å². The molecule has 68 valence electrons. The van der Waals surface area contributed by atoms with E-state index in [2.05, 4.69) is 4.98 Å². The molecule has 2 aromatic rings. The SMILES string of the molecule is NC(Cc1ccco1)c1cscn1. The van der Waals surface area contributed by atoms with Gasteiger partial charge in [0.25, 0.3) is 0 Å². The van der Waals surface area contributed by atoms with Gasteiger partial charge in [-0.25, -0.2) is 4.98 Å². The lowest BCUT2D eigenvalue weighted by molar-refractivity contribution is 0.486. The molecule has 2 heterocycles. The van der Waals surface area contributed by atoms with Crippen LogP contribution in [0.4, 0.5) is 0 Å². The second-order valence-corrected chi connectivity index (χ2v) is 3.52. The normalized spacial score (nSPS) is 13.0. The van der Waals surface area contributed by atoms with Crippen LogP contribution in [0, 0.1) is 0 Å². The fourth-order valence-corrected chi connectivity index (χ4v) is 1.77. The molecule has 0 radical (unpaired) electrons. The molecule has 3 nitrogen and oxygen atoms in total. The van der Waals surface area contributed by atoms with E-state index < -0.39 is 0 Å². The van der Waals surface area contributed by atoms with Gasteiger partial charge in [0.1, 0.15) is 5.76 Å². The number of nitrogens with zero attached hydrogens (tertiary/aromatic N) is 1. The molecule has 4 heteroatoms. The van der Waals surface area contributed by atoms with Crippen LogP contribution in [0.2, 0.25) is 0 Å². The van der Waals surface area contributed by atoms with Crippen molar-refractivity contribution in [2.75, 3.05) is 0 Å². The molecule has 0 saturated heterocycles. The first-order chi connectivity index (χ1) is 6.36. The maximum Gasteiger partial charge on any atom is 0.105 e. The van der Waals surface area contributed by atoms with E-state index in [-0.39, 0.29) is 6.04 Å². The van der Waals surface area contributed by atoms with E-state index in [1.165, 1.54) is 0 Å². The molecule has 0 bridgehead atoms. The molecule has 1 atom stereocenters. The zero-order valence-corrected chi connectivity index (χ0v) is 7.83. The van der Waals surface area contributed by atoms with Crippen LogP contribution in [0.1, 0.15) is 17.5 Å². The van der Waals surface area contributed by atoms with Crippen LogP contribution in [-0.4, -0.2) is 4.98 Å². The lowest BCUT2D eigenvalue weighted by Gasteiger charge is -2.05. The summed E-state index contributed by atoms with van der Waals surface area (Å²) in [7, 11) is 0. The second kappa shape index (κ2) is 3.72. The van der Waals surface area contributed by atoms with Gasteiger partial charge in [-0.05, 0) is 12.1 Å². The quantitative estimate of drug-likeness (QED) is 0.812. The van der Waals surface area contributed by atoms with Gasteiger partial charge in [0.05, 0.1) is 23.5 Å². The van der Waals surface area contributed by atoms with Crippen molar-refractivity contribution in [1.29, 1.82) is 0 Å². The first-order valence-electron chi connectivity index (χ1n) is 4.02. The fourth-order valence-electron chi connectivity index (χ4n) is 1.16. The van der Waals surface area contributed by atoms with Crippen LogP contribution in [0.25, 0.3) is 0 Å². The van der Waals surface area contributed by atoms with Gasteiger partial charge in [-0.2, -0.15) is 0 Å². The molecule has 0 aliphatic rings. The van der Waals surface area contributed by atoms with Crippen LogP contribution in [0.15, 0.2) is 33.7 Å². The van der Waals surface area contributed by atoms with Crippen LogP contribution in [0.5, 0.6) is 0 Å². The number of thiazole rings is 1. The molecule has 0 spiro atoms. The topological polar surface area (TPSA) is 52.0 Å². The minimum Gasteiger partial charge on any atom is -0.469 e. The van der Waals surface area contributed by atoms with Crippen LogP contribution < -0.4 is 5.73 Å². The number of nitrogens with two attached hydrogens (primary N) is 1. The van der Waals surface area contributed by atoms with E-state index in [1.54, 1.807) is 23.1 Å². The monoisotopic (exact) mass is 194 g/mol. The first kappa shape index (κ1) is 8.47. The lowest BCUT2D eigenvalue weighted by atomic mass is 10.1. The number of aromatic nitrogens is 1. The fraction of sp³-hybridized carbons (Fsp3) is 0.222. The summed E-state index contributed by atoms with van der Waals surface area (Å²) in [6.07, 6.45) is 2.36. The third-order valence-electron chi connectivity index (χ3n) is 1.83. The lowest BCUT2D eigenvalue weighted by Crippen LogP contribution is -2.13. The molecule has 2 aromatic heterocycles. The Hall–Kier alpha value is -1.13. The van der Waals surface area contributed by atoms with Gasteiger partial charge in [0.15, 0.2) is 0 Å². The number of rotatable bonds is 3. The molecule has 0 aromatic carbocycles. The summed E-state index contributed by atoms with van der Waals surface area (Å²) in [4.78, 5) is 4.15. The predicted molar refractivity (Wildman–Crippen MR) is 51.5 cm³/mol. The van der Waals surface area contributed by atoms with E-state index >= 15 is 0 Å². The van der Waals surface area contributed by atoms with Gasteiger partial charge in [-0.3, -0.25) is 0 Å². The summed E-state index contributed by atoms with van der Waals surface area (Å²) >= 11 is 1.56. The first-order valence-corrected chi connectivity index (χ1v) is 4.96. The average Bonchev–Trinajstić information content (AvgIpc) is 2.74. The molecule has 2 rings (SSSR count). The van der Waals surface area contributed by atoms with Gasteiger partial charge >= 0.3 is 0 Å². The largest absolute Gasteiger partial charge is 0.469 e. The van der Waals surface area contributed by atoms with Crippen molar-refractivity contribution < 1.29 is 4.42 Å². The van der Waals surface area contributed by atoms with Crippen LogP contribution in [0.3, 0.4) is 0 Å². The molecule has 1 unspecified atom stereocenters. The molecule has 0 amide bonds. The number of hydrogen-bond acceptors (Lipinski definition) is 4. The Morgan fingerprint density at radius 1 is 1.62 bits per heavy atom. The highest BCUT2D eigenvalue weighted by atomic mass is 32.1. The summed E-state index contributed by atoms with van der Waals surface area (Å²) in [6.45, 7) is 0. The Bertz CT molecular complexity index is 342. The Labute approximate surface area is 80.2 Å². The molecule has 13 heavy (non-hydrogen) atoms. The zero-order chi connectivity index (χ0) is 9.10. The third kappa shape index (κ3) is 1.96. The summed E-state index contributed by atoms with van der Waals surface area (Å²) in [5, 5.41) is 1.97. The summed E-state index contributed by atoms with van der Waals surface area (Å²) in [5.41, 5.74) is 8.64. The van der Waals surface area contributed by atoms with Gasteiger partial charge in [-0.15, -0.1) is 11.3 Å². The highest BCUT2D eigenvalue weighted by Crippen LogP contribution is 2.15. The third-order valence-corrected chi connectivity index (χ3v) is 2.44. The Morgan fingerprint density at radius 2 is 2.54 bits per heavy atom. The average molecular weight is 194 g/mol. The minimum absolute atomic E-state index is 0.0580. The second-order valence-electron chi connectivity index (χ2n) is 2.80. The summed E-state index contributed by atoms with van der Waals surface area (Å²) < 4.78 is 5.20. The standard InChI is InChI=1S/C9H10N2OS/c10-8(9-5-13-6-11-9)4-7-2-1-3-12-7/h1-3,5-6,8H,4,10H2. The molecule has 0 aliphatic carbocycles. The maximum atomic E-state index is 5.91. The zero-order valence-electron chi connectivity index (χ0n) is 7.01. The Balaban J connectivity index is 2.04. The maximum absolute atomic E-state index is 5.91. The summed E-state index contributed by atoms with van der Waals surface area (Å²) in [5.74, 6) is 0.903. The molecule has 2 N–H and O–H groups in total. The van der Waals surface area contributed by atoms with Crippen molar-refractivity contribution in [2.24, 2.45) is 5.73 Å². The Kier molecular flexibility index (Phi) is 2.42. The predicted octanol–water partition coefficient (Wildman–Crippen LogP) is 1.98. The van der Waals surface area contributed by atoms with Crippen LogP contribution in [-0.2, 0) is 6.42 Å². The highest BCUT2D eigenvalue weighted by Gasteiger charge is 2.09. The molecule has 0 saturated carbocycles. The van der Waals surface area contributed by atoms with E-state index in [0.717, 1.165) is 11.5 Å². The smallest absolute Gasteiger partial charge is 0.105 e. The van der Waals surface area contributed by atoms with Crippen LogP contribution >= 0.6 is 11.3 Å². The van der Waals surface area contributed by atoms with E-state index in [0.29, 0.717) is 6.42 Å². The highest BCUT2D eigenvalue weighted by molar-refractivity contribution is 7.07. The van der Waals surface area contributed by atoms with Crippen molar-refractivity contribution in [3.05, 3.63) is 40.7 Å².